The molecule has 1 aromatic rings. The minimum Gasteiger partial charge on any atom is -0.353 e. The Bertz CT molecular complexity index is 376. The van der Waals surface area contributed by atoms with Gasteiger partial charge >= 0.3 is 0 Å². The van der Waals surface area contributed by atoms with E-state index in [2.05, 4.69) is 26.1 Å². The minimum absolute atomic E-state index is 0.0324. The number of hydrogen-bond acceptors (Lipinski definition) is 2. The van der Waals surface area contributed by atoms with Crippen LogP contribution in [0.1, 0.15) is 45.1 Å². The summed E-state index contributed by atoms with van der Waals surface area (Å²) in [5.74, 6) is 0.450. The quantitative estimate of drug-likeness (QED) is 0.793. The third kappa shape index (κ3) is 5.43. The van der Waals surface area contributed by atoms with Gasteiger partial charge in [0.2, 0.25) is 5.91 Å². The molecule has 0 saturated heterocycles. The SMILES string of the molecule is CC(C)CCC(C)NC(=O)C(CN)c1ccccc1. The summed E-state index contributed by atoms with van der Waals surface area (Å²) in [6, 6.07) is 9.93. The Balaban J connectivity index is 2.55. The molecule has 0 spiro atoms. The number of amides is 1. The predicted molar refractivity (Wildman–Crippen MR) is 79.9 cm³/mol. The van der Waals surface area contributed by atoms with Gasteiger partial charge in [0.1, 0.15) is 0 Å². The molecular weight excluding hydrogens is 236 g/mol. The Labute approximate surface area is 116 Å². The summed E-state index contributed by atoms with van der Waals surface area (Å²) in [6.45, 7) is 6.79. The van der Waals surface area contributed by atoms with Crippen molar-refractivity contribution < 1.29 is 4.79 Å². The van der Waals surface area contributed by atoms with Gasteiger partial charge in [0, 0.05) is 12.6 Å². The number of carbonyl (C=O) groups is 1. The van der Waals surface area contributed by atoms with E-state index in [1.807, 2.05) is 30.3 Å². The van der Waals surface area contributed by atoms with Gasteiger partial charge in [0.15, 0.2) is 0 Å². The lowest BCUT2D eigenvalue weighted by atomic mass is 9.97. The lowest BCUT2D eigenvalue weighted by molar-refractivity contribution is -0.123. The zero-order chi connectivity index (χ0) is 14.3. The fraction of sp³-hybridized carbons (Fsp3) is 0.562. The fourth-order valence-electron chi connectivity index (χ4n) is 2.08. The second kappa shape index (κ2) is 7.95. The highest BCUT2D eigenvalue weighted by atomic mass is 16.1. The molecule has 0 radical (unpaired) electrons. The van der Waals surface area contributed by atoms with E-state index in [4.69, 9.17) is 5.73 Å². The van der Waals surface area contributed by atoms with Gasteiger partial charge in [-0.2, -0.15) is 0 Å². The molecule has 0 aromatic heterocycles. The Hall–Kier alpha value is -1.35. The summed E-state index contributed by atoms with van der Waals surface area (Å²) in [5.41, 5.74) is 6.73. The Morgan fingerprint density at radius 2 is 1.79 bits per heavy atom. The predicted octanol–water partition coefficient (Wildman–Crippen LogP) is 2.67. The zero-order valence-corrected chi connectivity index (χ0v) is 12.2. The van der Waals surface area contributed by atoms with E-state index in [0.29, 0.717) is 12.5 Å². The number of rotatable bonds is 7. The molecule has 0 saturated carbocycles. The Kier molecular flexibility index (Phi) is 6.57. The molecule has 1 rings (SSSR count). The van der Waals surface area contributed by atoms with Crippen molar-refractivity contribution in [1.82, 2.24) is 5.32 Å². The Morgan fingerprint density at radius 1 is 1.16 bits per heavy atom. The van der Waals surface area contributed by atoms with Gasteiger partial charge in [0.05, 0.1) is 5.92 Å². The lowest BCUT2D eigenvalue weighted by Gasteiger charge is -2.20. The number of hydrogen-bond donors (Lipinski definition) is 2. The molecule has 0 fully saturated rings. The fourth-order valence-corrected chi connectivity index (χ4v) is 2.08. The average molecular weight is 262 g/mol. The van der Waals surface area contributed by atoms with Crippen LogP contribution in [0.15, 0.2) is 30.3 Å². The van der Waals surface area contributed by atoms with Gasteiger partial charge in [-0.15, -0.1) is 0 Å². The van der Waals surface area contributed by atoms with Crippen LogP contribution in [-0.2, 0) is 4.79 Å². The van der Waals surface area contributed by atoms with Crippen LogP contribution in [0.3, 0.4) is 0 Å². The van der Waals surface area contributed by atoms with E-state index in [9.17, 15) is 4.79 Å². The molecule has 0 bridgehead atoms. The van der Waals surface area contributed by atoms with E-state index < -0.39 is 0 Å². The van der Waals surface area contributed by atoms with E-state index >= 15 is 0 Å². The van der Waals surface area contributed by atoms with E-state index in [0.717, 1.165) is 18.4 Å². The van der Waals surface area contributed by atoms with E-state index in [1.165, 1.54) is 0 Å². The van der Waals surface area contributed by atoms with Gasteiger partial charge in [-0.3, -0.25) is 4.79 Å². The molecule has 3 heteroatoms. The van der Waals surface area contributed by atoms with Crippen LogP contribution < -0.4 is 11.1 Å². The highest BCUT2D eigenvalue weighted by molar-refractivity contribution is 5.84. The molecule has 19 heavy (non-hydrogen) atoms. The maximum atomic E-state index is 12.2. The summed E-state index contributed by atoms with van der Waals surface area (Å²) < 4.78 is 0. The van der Waals surface area contributed by atoms with Crippen molar-refractivity contribution in [3.63, 3.8) is 0 Å². The summed E-state index contributed by atoms with van der Waals surface area (Å²) >= 11 is 0. The summed E-state index contributed by atoms with van der Waals surface area (Å²) in [6.07, 6.45) is 2.13. The van der Waals surface area contributed by atoms with Crippen molar-refractivity contribution in [3.8, 4) is 0 Å². The van der Waals surface area contributed by atoms with Crippen LogP contribution in [0.4, 0.5) is 0 Å². The number of benzene rings is 1. The largest absolute Gasteiger partial charge is 0.353 e. The van der Waals surface area contributed by atoms with Crippen LogP contribution >= 0.6 is 0 Å². The highest BCUT2D eigenvalue weighted by Gasteiger charge is 2.20. The van der Waals surface area contributed by atoms with Crippen LogP contribution in [0.25, 0.3) is 0 Å². The van der Waals surface area contributed by atoms with Gasteiger partial charge in [-0.05, 0) is 31.2 Å². The molecule has 2 unspecified atom stereocenters. The van der Waals surface area contributed by atoms with Crippen molar-refractivity contribution in [2.24, 2.45) is 11.7 Å². The van der Waals surface area contributed by atoms with Crippen LogP contribution in [0, 0.1) is 5.92 Å². The topological polar surface area (TPSA) is 55.1 Å². The van der Waals surface area contributed by atoms with Gasteiger partial charge in [-0.1, -0.05) is 44.2 Å². The summed E-state index contributed by atoms with van der Waals surface area (Å²) in [5, 5.41) is 3.07. The molecule has 3 nitrogen and oxygen atoms in total. The molecular formula is C16H26N2O. The zero-order valence-electron chi connectivity index (χ0n) is 12.2. The monoisotopic (exact) mass is 262 g/mol. The van der Waals surface area contributed by atoms with Crippen LogP contribution in [0.2, 0.25) is 0 Å². The molecule has 1 amide bonds. The van der Waals surface area contributed by atoms with Gasteiger partial charge in [0.25, 0.3) is 0 Å². The lowest BCUT2D eigenvalue weighted by Crippen LogP contribution is -2.38. The maximum absolute atomic E-state index is 12.2. The molecule has 0 aliphatic heterocycles. The number of nitrogens with two attached hydrogens (primary N) is 1. The first-order chi connectivity index (χ1) is 9.04. The van der Waals surface area contributed by atoms with Crippen LogP contribution in [0.5, 0.6) is 0 Å². The number of carbonyl (C=O) groups excluding carboxylic acids is 1. The molecule has 2 atom stereocenters. The summed E-state index contributed by atoms with van der Waals surface area (Å²) in [4.78, 5) is 12.2. The third-order valence-electron chi connectivity index (χ3n) is 3.32. The molecule has 106 valence electrons. The smallest absolute Gasteiger partial charge is 0.229 e. The van der Waals surface area contributed by atoms with E-state index in [1.54, 1.807) is 0 Å². The van der Waals surface area contributed by atoms with Gasteiger partial charge < -0.3 is 11.1 Å². The first-order valence-corrected chi connectivity index (χ1v) is 7.10. The Morgan fingerprint density at radius 3 is 2.32 bits per heavy atom. The molecule has 0 aliphatic carbocycles. The van der Waals surface area contributed by atoms with Crippen molar-refractivity contribution in [3.05, 3.63) is 35.9 Å². The molecule has 1 aromatic carbocycles. The van der Waals surface area contributed by atoms with Crippen molar-refractivity contribution in [1.29, 1.82) is 0 Å². The third-order valence-corrected chi connectivity index (χ3v) is 3.32. The second-order valence-electron chi connectivity index (χ2n) is 5.58. The minimum atomic E-state index is -0.248. The molecule has 3 N–H and O–H groups in total. The maximum Gasteiger partial charge on any atom is 0.229 e. The van der Waals surface area contributed by atoms with Crippen molar-refractivity contribution in [2.45, 2.75) is 45.6 Å². The molecule has 0 aliphatic rings. The number of nitrogens with one attached hydrogen (secondary N) is 1. The first kappa shape index (κ1) is 15.7. The molecule has 0 heterocycles. The van der Waals surface area contributed by atoms with Gasteiger partial charge in [-0.25, -0.2) is 0 Å². The second-order valence-corrected chi connectivity index (χ2v) is 5.58. The normalized spacial score (nSPS) is 14.2. The highest BCUT2D eigenvalue weighted by Crippen LogP contribution is 2.15. The first-order valence-electron chi connectivity index (χ1n) is 7.10. The standard InChI is InChI=1S/C16H26N2O/c1-12(2)9-10-13(3)18-16(19)15(11-17)14-7-5-4-6-8-14/h4-8,12-13,15H,9-11,17H2,1-3H3,(H,18,19). The average Bonchev–Trinajstić information content (AvgIpc) is 2.38. The van der Waals surface area contributed by atoms with Crippen LogP contribution in [-0.4, -0.2) is 18.5 Å². The summed E-state index contributed by atoms with van der Waals surface area (Å²) in [7, 11) is 0. The van der Waals surface area contributed by atoms with E-state index in [-0.39, 0.29) is 17.9 Å². The van der Waals surface area contributed by atoms with Crippen molar-refractivity contribution >= 4 is 5.91 Å². The van der Waals surface area contributed by atoms with Crippen molar-refractivity contribution in [2.75, 3.05) is 6.54 Å².